The zero-order valence-electron chi connectivity index (χ0n) is 9.25. The van der Waals surface area contributed by atoms with Crippen molar-refractivity contribution in [1.29, 1.82) is 0 Å². The molecule has 1 aromatic heterocycles. The summed E-state index contributed by atoms with van der Waals surface area (Å²) in [5, 5.41) is 3.26. The van der Waals surface area contributed by atoms with Gasteiger partial charge in [0.15, 0.2) is 0 Å². The van der Waals surface area contributed by atoms with Crippen molar-refractivity contribution in [3.8, 4) is 11.8 Å². The van der Waals surface area contributed by atoms with E-state index >= 15 is 0 Å². The molecular weight excluding hydrogens is 220 g/mol. The fourth-order valence-electron chi connectivity index (χ4n) is 1.02. The number of carbonyl (C=O) groups is 1. The summed E-state index contributed by atoms with van der Waals surface area (Å²) in [6, 6.07) is 4.87. The Bertz CT molecular complexity index is 510. The van der Waals surface area contributed by atoms with Crippen molar-refractivity contribution >= 4 is 5.97 Å². The highest BCUT2D eigenvalue weighted by Gasteiger charge is 2.07. The minimum atomic E-state index is -0.480. The minimum absolute atomic E-state index is 0.0712. The molecule has 6 nitrogen and oxygen atoms in total. The summed E-state index contributed by atoms with van der Waals surface area (Å²) >= 11 is 0. The van der Waals surface area contributed by atoms with E-state index < -0.39 is 5.97 Å². The quantitative estimate of drug-likeness (QED) is 0.261. The third kappa shape index (κ3) is 4.24. The molecule has 0 saturated carbocycles. The average molecular weight is 230 g/mol. The Morgan fingerprint density at radius 1 is 1.65 bits per heavy atom. The molecule has 0 bridgehead atoms. The smallest absolute Gasteiger partial charge is 0.356 e. The molecule has 0 saturated heterocycles. The lowest BCUT2D eigenvalue weighted by Gasteiger charge is -2.00. The first-order chi connectivity index (χ1) is 8.27. The first kappa shape index (κ1) is 12.6. The number of azide groups is 1. The van der Waals surface area contributed by atoms with E-state index in [1.54, 1.807) is 25.1 Å². The molecule has 86 valence electrons. The van der Waals surface area contributed by atoms with Crippen molar-refractivity contribution < 1.29 is 9.53 Å². The number of esters is 1. The van der Waals surface area contributed by atoms with Crippen LogP contribution in [0.2, 0.25) is 0 Å². The van der Waals surface area contributed by atoms with Crippen molar-refractivity contribution in [3.63, 3.8) is 0 Å². The van der Waals surface area contributed by atoms with E-state index in [9.17, 15) is 4.79 Å². The van der Waals surface area contributed by atoms with Crippen LogP contribution in [-0.4, -0.2) is 24.1 Å². The molecule has 17 heavy (non-hydrogen) atoms. The van der Waals surface area contributed by atoms with Crippen LogP contribution >= 0.6 is 0 Å². The Hall–Kier alpha value is -2.51. The van der Waals surface area contributed by atoms with Crippen LogP contribution in [-0.2, 0) is 4.74 Å². The van der Waals surface area contributed by atoms with Crippen molar-refractivity contribution in [2.24, 2.45) is 5.11 Å². The predicted molar refractivity (Wildman–Crippen MR) is 61.1 cm³/mol. The van der Waals surface area contributed by atoms with Gasteiger partial charge in [0.25, 0.3) is 0 Å². The molecule has 0 aliphatic carbocycles. The summed E-state index contributed by atoms with van der Waals surface area (Å²) in [7, 11) is 0. The van der Waals surface area contributed by atoms with Gasteiger partial charge in [-0.25, -0.2) is 9.78 Å². The molecule has 0 radical (unpaired) electrons. The highest BCUT2D eigenvalue weighted by molar-refractivity contribution is 5.87. The highest BCUT2D eigenvalue weighted by Crippen LogP contribution is 2.00. The molecule has 0 fully saturated rings. The summed E-state index contributed by atoms with van der Waals surface area (Å²) in [6.07, 6.45) is 0. The molecule has 1 rings (SSSR count). The van der Waals surface area contributed by atoms with Crippen molar-refractivity contribution in [3.05, 3.63) is 40.0 Å². The molecule has 6 heteroatoms. The summed E-state index contributed by atoms with van der Waals surface area (Å²) in [4.78, 5) is 17.9. The number of hydrogen-bond acceptors (Lipinski definition) is 4. The molecule has 1 heterocycles. The molecule has 0 aliphatic rings. The number of carbonyl (C=O) groups excluding carboxylic acids is 1. The zero-order chi connectivity index (χ0) is 12.5. The van der Waals surface area contributed by atoms with Crippen LogP contribution in [0, 0.1) is 11.8 Å². The van der Waals surface area contributed by atoms with Crippen LogP contribution in [0.1, 0.15) is 23.1 Å². The van der Waals surface area contributed by atoms with Crippen LogP contribution in [0.5, 0.6) is 0 Å². The standard InChI is InChI=1S/C11H10N4O2/c1-2-17-11(16)10-7-3-5-9(14-10)6-4-8-13-15-12/h3,5,7H,2,8H2,1H3. The van der Waals surface area contributed by atoms with E-state index in [4.69, 9.17) is 10.3 Å². The van der Waals surface area contributed by atoms with Gasteiger partial charge < -0.3 is 4.74 Å². The van der Waals surface area contributed by atoms with Crippen LogP contribution < -0.4 is 0 Å². The SMILES string of the molecule is CCOC(=O)c1cccc(C#CCN=[N+]=[N-])n1. The molecule has 0 amide bonds. The van der Waals surface area contributed by atoms with E-state index in [0.29, 0.717) is 12.3 Å². The minimum Gasteiger partial charge on any atom is -0.461 e. The number of aromatic nitrogens is 1. The van der Waals surface area contributed by atoms with E-state index in [0.717, 1.165) is 0 Å². The second kappa shape index (κ2) is 6.88. The van der Waals surface area contributed by atoms with Gasteiger partial charge in [-0.1, -0.05) is 17.1 Å². The van der Waals surface area contributed by atoms with E-state index in [-0.39, 0.29) is 12.2 Å². The van der Waals surface area contributed by atoms with Gasteiger partial charge >= 0.3 is 5.97 Å². The first-order valence-electron chi connectivity index (χ1n) is 4.92. The van der Waals surface area contributed by atoms with Crippen molar-refractivity contribution in [1.82, 2.24) is 4.98 Å². The van der Waals surface area contributed by atoms with Crippen molar-refractivity contribution in [2.75, 3.05) is 13.2 Å². The Balaban J connectivity index is 2.80. The molecule has 1 aromatic rings. The third-order valence-electron chi connectivity index (χ3n) is 1.66. The lowest BCUT2D eigenvalue weighted by Crippen LogP contribution is -2.07. The van der Waals surface area contributed by atoms with Gasteiger partial charge in [0.2, 0.25) is 0 Å². The largest absolute Gasteiger partial charge is 0.461 e. The number of nitrogens with zero attached hydrogens (tertiary/aromatic N) is 4. The number of pyridine rings is 1. The molecule has 0 spiro atoms. The van der Waals surface area contributed by atoms with Gasteiger partial charge in [-0.3, -0.25) is 0 Å². The van der Waals surface area contributed by atoms with Crippen LogP contribution in [0.25, 0.3) is 10.4 Å². The molecule has 0 N–H and O–H groups in total. The van der Waals surface area contributed by atoms with Gasteiger partial charge in [0, 0.05) is 4.91 Å². The lowest BCUT2D eigenvalue weighted by atomic mass is 10.3. The van der Waals surface area contributed by atoms with E-state index in [1.165, 1.54) is 0 Å². The van der Waals surface area contributed by atoms with Gasteiger partial charge in [-0.15, -0.1) is 0 Å². The molecule has 0 atom stereocenters. The van der Waals surface area contributed by atoms with Crippen LogP contribution in [0.4, 0.5) is 0 Å². The predicted octanol–water partition coefficient (Wildman–Crippen LogP) is 1.92. The third-order valence-corrected chi connectivity index (χ3v) is 1.66. The highest BCUT2D eigenvalue weighted by atomic mass is 16.5. The van der Waals surface area contributed by atoms with Gasteiger partial charge in [-0.2, -0.15) is 0 Å². The topological polar surface area (TPSA) is 88.0 Å². The van der Waals surface area contributed by atoms with E-state index in [2.05, 4.69) is 26.9 Å². The Morgan fingerprint density at radius 2 is 2.47 bits per heavy atom. The number of ether oxygens (including phenoxy) is 1. The van der Waals surface area contributed by atoms with Gasteiger partial charge in [0.05, 0.1) is 13.2 Å². The van der Waals surface area contributed by atoms with Crippen molar-refractivity contribution in [2.45, 2.75) is 6.92 Å². The summed E-state index contributed by atoms with van der Waals surface area (Å²) < 4.78 is 4.81. The Morgan fingerprint density at radius 3 is 3.18 bits per heavy atom. The van der Waals surface area contributed by atoms with Gasteiger partial charge in [0.1, 0.15) is 11.4 Å². The Kier molecular flexibility index (Phi) is 5.08. The maximum atomic E-state index is 11.4. The summed E-state index contributed by atoms with van der Waals surface area (Å²) in [5.41, 5.74) is 8.70. The molecular formula is C11H10N4O2. The monoisotopic (exact) mass is 230 g/mol. The zero-order valence-corrected chi connectivity index (χ0v) is 9.25. The number of hydrogen-bond donors (Lipinski definition) is 0. The van der Waals surface area contributed by atoms with Gasteiger partial charge in [-0.05, 0) is 30.5 Å². The maximum Gasteiger partial charge on any atom is 0.356 e. The van der Waals surface area contributed by atoms with E-state index in [1.807, 2.05) is 0 Å². The fourth-order valence-corrected chi connectivity index (χ4v) is 1.02. The maximum absolute atomic E-state index is 11.4. The fraction of sp³-hybridized carbons (Fsp3) is 0.273. The molecule has 0 unspecified atom stereocenters. The first-order valence-corrected chi connectivity index (χ1v) is 4.92. The molecule has 0 aliphatic heterocycles. The summed E-state index contributed by atoms with van der Waals surface area (Å²) in [5.74, 6) is 4.82. The Labute approximate surface area is 98.2 Å². The lowest BCUT2D eigenvalue weighted by molar-refractivity contribution is 0.0519. The molecule has 0 aromatic carbocycles. The summed E-state index contributed by atoms with van der Waals surface area (Å²) in [6.45, 7) is 2.09. The second-order valence-electron chi connectivity index (χ2n) is 2.82. The van der Waals surface area contributed by atoms with Crippen LogP contribution in [0.3, 0.4) is 0 Å². The normalized spacial score (nSPS) is 8.53. The second-order valence-corrected chi connectivity index (χ2v) is 2.82. The number of rotatable bonds is 3. The van der Waals surface area contributed by atoms with Crippen LogP contribution in [0.15, 0.2) is 23.3 Å². The average Bonchev–Trinajstić information content (AvgIpc) is 2.35.